The molecule has 0 aliphatic heterocycles. The van der Waals surface area contributed by atoms with E-state index in [1.54, 1.807) is 6.33 Å². The Morgan fingerprint density at radius 2 is 2.40 bits per heavy atom. The zero-order valence-corrected chi connectivity index (χ0v) is 9.30. The highest BCUT2D eigenvalue weighted by molar-refractivity contribution is 5.69. The van der Waals surface area contributed by atoms with Crippen molar-refractivity contribution in [1.29, 1.82) is 0 Å². The minimum absolute atomic E-state index is 0.195. The van der Waals surface area contributed by atoms with Crippen LogP contribution < -0.4 is 0 Å². The Kier molecular flexibility index (Phi) is 4.23. The lowest BCUT2D eigenvalue weighted by Crippen LogP contribution is -2.23. The van der Waals surface area contributed by atoms with Crippen LogP contribution in [0.15, 0.2) is 6.33 Å². The van der Waals surface area contributed by atoms with Gasteiger partial charge >= 0.3 is 5.97 Å². The molecule has 0 saturated heterocycles. The molecular formula is C9H16N4O2. The van der Waals surface area contributed by atoms with Crippen molar-refractivity contribution in [3.8, 4) is 0 Å². The van der Waals surface area contributed by atoms with Crippen molar-refractivity contribution >= 4 is 5.97 Å². The molecule has 15 heavy (non-hydrogen) atoms. The molecule has 0 atom stereocenters. The summed E-state index contributed by atoms with van der Waals surface area (Å²) < 4.78 is 6.42. The molecule has 84 valence electrons. The van der Waals surface area contributed by atoms with Gasteiger partial charge in [-0.2, -0.15) is 0 Å². The van der Waals surface area contributed by atoms with Crippen LogP contribution in [0.2, 0.25) is 0 Å². The second kappa shape index (κ2) is 5.45. The van der Waals surface area contributed by atoms with Crippen LogP contribution in [0.4, 0.5) is 0 Å². The van der Waals surface area contributed by atoms with Crippen LogP contribution in [0.5, 0.6) is 0 Å². The van der Waals surface area contributed by atoms with Gasteiger partial charge in [-0.1, -0.05) is 0 Å². The van der Waals surface area contributed by atoms with Gasteiger partial charge in [-0.25, -0.2) is 0 Å². The summed E-state index contributed by atoms with van der Waals surface area (Å²) >= 11 is 0. The highest BCUT2D eigenvalue weighted by atomic mass is 16.5. The van der Waals surface area contributed by atoms with Crippen molar-refractivity contribution in [3.05, 3.63) is 12.2 Å². The molecule has 6 nitrogen and oxygen atoms in total. The fourth-order valence-corrected chi connectivity index (χ4v) is 1.15. The van der Waals surface area contributed by atoms with Crippen LogP contribution >= 0.6 is 0 Å². The molecule has 0 unspecified atom stereocenters. The van der Waals surface area contributed by atoms with Gasteiger partial charge in [-0.15, -0.1) is 10.2 Å². The van der Waals surface area contributed by atoms with Crippen molar-refractivity contribution in [1.82, 2.24) is 19.7 Å². The summed E-state index contributed by atoms with van der Waals surface area (Å²) in [4.78, 5) is 12.9. The SMILES string of the molecule is COC(=O)CCN(C)Cc1nncn1C. The number of hydrogen-bond donors (Lipinski definition) is 0. The molecule has 1 heterocycles. The number of ether oxygens (including phenoxy) is 1. The molecule has 0 aliphatic rings. The third-order valence-electron chi connectivity index (χ3n) is 2.14. The number of carbonyl (C=O) groups is 1. The molecule has 1 aromatic heterocycles. The minimum atomic E-state index is -0.195. The Bertz CT molecular complexity index is 324. The van der Waals surface area contributed by atoms with E-state index in [0.717, 1.165) is 5.82 Å². The Morgan fingerprint density at radius 1 is 1.67 bits per heavy atom. The molecule has 0 aromatic carbocycles. The number of aryl methyl sites for hydroxylation is 1. The van der Waals surface area contributed by atoms with E-state index in [9.17, 15) is 4.79 Å². The average molecular weight is 212 g/mol. The van der Waals surface area contributed by atoms with E-state index in [-0.39, 0.29) is 5.97 Å². The molecule has 6 heteroatoms. The third-order valence-corrected chi connectivity index (χ3v) is 2.14. The number of esters is 1. The second-order valence-corrected chi connectivity index (χ2v) is 3.42. The van der Waals surface area contributed by atoms with Crippen molar-refractivity contribution < 1.29 is 9.53 Å². The lowest BCUT2D eigenvalue weighted by atomic mass is 10.4. The summed E-state index contributed by atoms with van der Waals surface area (Å²) in [6.45, 7) is 1.33. The molecule has 0 spiro atoms. The molecule has 0 aliphatic carbocycles. The molecule has 0 saturated carbocycles. The maximum Gasteiger partial charge on any atom is 0.306 e. The smallest absolute Gasteiger partial charge is 0.306 e. The van der Waals surface area contributed by atoms with Gasteiger partial charge < -0.3 is 9.30 Å². The molecule has 0 radical (unpaired) electrons. The van der Waals surface area contributed by atoms with E-state index in [1.807, 2.05) is 23.6 Å². The highest BCUT2D eigenvalue weighted by Gasteiger charge is 2.07. The third kappa shape index (κ3) is 3.67. The quantitative estimate of drug-likeness (QED) is 0.633. The summed E-state index contributed by atoms with van der Waals surface area (Å²) in [5, 5.41) is 7.74. The molecule has 0 fully saturated rings. The van der Waals surface area contributed by atoms with Gasteiger partial charge in [-0.3, -0.25) is 9.69 Å². The average Bonchev–Trinajstić information content (AvgIpc) is 2.61. The van der Waals surface area contributed by atoms with Gasteiger partial charge in [-0.05, 0) is 7.05 Å². The molecule has 1 aromatic rings. The predicted molar refractivity (Wildman–Crippen MR) is 54.0 cm³/mol. The molecule has 0 bridgehead atoms. The summed E-state index contributed by atoms with van der Waals surface area (Å²) in [6.07, 6.45) is 2.05. The first-order chi connectivity index (χ1) is 7.13. The van der Waals surface area contributed by atoms with Gasteiger partial charge in [0.2, 0.25) is 0 Å². The van der Waals surface area contributed by atoms with Gasteiger partial charge in [0, 0.05) is 13.6 Å². The van der Waals surface area contributed by atoms with Crippen molar-refractivity contribution in [2.24, 2.45) is 7.05 Å². The minimum Gasteiger partial charge on any atom is -0.469 e. The van der Waals surface area contributed by atoms with E-state index in [2.05, 4.69) is 14.9 Å². The van der Waals surface area contributed by atoms with E-state index < -0.39 is 0 Å². The van der Waals surface area contributed by atoms with Crippen LogP contribution in [0.25, 0.3) is 0 Å². The summed E-state index contributed by atoms with van der Waals surface area (Å²) in [7, 11) is 5.21. The van der Waals surface area contributed by atoms with Gasteiger partial charge in [0.15, 0.2) is 0 Å². The number of hydrogen-bond acceptors (Lipinski definition) is 5. The van der Waals surface area contributed by atoms with E-state index in [0.29, 0.717) is 19.5 Å². The summed E-state index contributed by atoms with van der Waals surface area (Å²) in [5.74, 6) is 0.683. The highest BCUT2D eigenvalue weighted by Crippen LogP contribution is 1.98. The van der Waals surface area contributed by atoms with E-state index >= 15 is 0 Å². The van der Waals surface area contributed by atoms with E-state index in [1.165, 1.54) is 7.11 Å². The Labute approximate surface area is 88.8 Å². The fraction of sp³-hybridized carbons (Fsp3) is 0.667. The topological polar surface area (TPSA) is 60.2 Å². The zero-order valence-electron chi connectivity index (χ0n) is 9.30. The fourth-order valence-electron chi connectivity index (χ4n) is 1.15. The lowest BCUT2D eigenvalue weighted by Gasteiger charge is -2.14. The van der Waals surface area contributed by atoms with Crippen LogP contribution in [-0.4, -0.2) is 46.3 Å². The molecular weight excluding hydrogens is 196 g/mol. The number of carbonyl (C=O) groups excluding carboxylic acids is 1. The largest absolute Gasteiger partial charge is 0.469 e. The van der Waals surface area contributed by atoms with Crippen molar-refractivity contribution in [2.75, 3.05) is 20.7 Å². The van der Waals surface area contributed by atoms with Gasteiger partial charge in [0.05, 0.1) is 20.1 Å². The predicted octanol–water partition coefficient (Wildman–Crippen LogP) is -0.190. The second-order valence-electron chi connectivity index (χ2n) is 3.42. The Morgan fingerprint density at radius 3 is 2.93 bits per heavy atom. The van der Waals surface area contributed by atoms with Crippen LogP contribution in [-0.2, 0) is 23.1 Å². The first kappa shape index (κ1) is 11.6. The Balaban J connectivity index is 2.33. The number of methoxy groups -OCH3 is 1. The summed E-state index contributed by atoms with van der Waals surface area (Å²) in [5.41, 5.74) is 0. The molecule has 0 N–H and O–H groups in total. The first-order valence-corrected chi connectivity index (χ1v) is 4.71. The van der Waals surface area contributed by atoms with Gasteiger partial charge in [0.1, 0.15) is 12.2 Å². The van der Waals surface area contributed by atoms with Gasteiger partial charge in [0.25, 0.3) is 0 Å². The maximum absolute atomic E-state index is 10.9. The molecule has 0 amide bonds. The van der Waals surface area contributed by atoms with Crippen LogP contribution in [0.1, 0.15) is 12.2 Å². The van der Waals surface area contributed by atoms with Crippen molar-refractivity contribution in [2.45, 2.75) is 13.0 Å². The maximum atomic E-state index is 10.9. The first-order valence-electron chi connectivity index (χ1n) is 4.71. The number of aromatic nitrogens is 3. The number of nitrogens with zero attached hydrogens (tertiary/aromatic N) is 4. The Hall–Kier alpha value is -1.43. The zero-order chi connectivity index (χ0) is 11.3. The monoisotopic (exact) mass is 212 g/mol. The normalized spacial score (nSPS) is 10.7. The van der Waals surface area contributed by atoms with Crippen LogP contribution in [0, 0.1) is 0 Å². The van der Waals surface area contributed by atoms with E-state index in [4.69, 9.17) is 0 Å². The van der Waals surface area contributed by atoms with Crippen LogP contribution in [0.3, 0.4) is 0 Å². The number of rotatable bonds is 5. The standard InChI is InChI=1S/C9H16N4O2/c1-12(5-4-9(14)15-3)6-8-11-10-7-13(8)2/h7H,4-6H2,1-3H3. The lowest BCUT2D eigenvalue weighted by molar-refractivity contribution is -0.140. The summed E-state index contributed by atoms with van der Waals surface area (Å²) in [6, 6.07) is 0. The molecule has 1 rings (SSSR count). The van der Waals surface area contributed by atoms with Crippen molar-refractivity contribution in [3.63, 3.8) is 0 Å².